The zero-order valence-electron chi connectivity index (χ0n) is 12.2. The van der Waals surface area contributed by atoms with Crippen molar-refractivity contribution in [2.75, 3.05) is 0 Å². The van der Waals surface area contributed by atoms with E-state index in [2.05, 4.69) is 5.32 Å². The quantitative estimate of drug-likeness (QED) is 0.638. The molecule has 1 fully saturated rings. The number of benzene rings is 1. The minimum absolute atomic E-state index is 0.205. The second-order valence-electron chi connectivity index (χ2n) is 5.12. The Hall–Kier alpha value is -2.51. The Morgan fingerprint density at radius 3 is 2.54 bits per heavy atom. The third-order valence-electron chi connectivity index (χ3n) is 3.52. The number of carboxylic acids is 1. The predicted octanol–water partition coefficient (Wildman–Crippen LogP) is 3.34. The SMILES string of the molecule is O=C1NC(=O)C(=CC2=CCC(=S)C(c3ccc(C(=O)O)cc3)=C2)S1. The van der Waals surface area contributed by atoms with Gasteiger partial charge in [0.25, 0.3) is 11.1 Å². The van der Waals surface area contributed by atoms with E-state index in [0.717, 1.165) is 33.3 Å². The van der Waals surface area contributed by atoms with Gasteiger partial charge in [-0.25, -0.2) is 4.79 Å². The molecule has 1 aliphatic carbocycles. The number of thioether (sulfide) groups is 1. The van der Waals surface area contributed by atoms with Crippen molar-refractivity contribution in [3.8, 4) is 0 Å². The first-order chi connectivity index (χ1) is 11.4. The fraction of sp³-hybridized carbons (Fsp3) is 0.0588. The second-order valence-corrected chi connectivity index (χ2v) is 6.63. The van der Waals surface area contributed by atoms with Gasteiger partial charge < -0.3 is 5.11 Å². The molecule has 120 valence electrons. The van der Waals surface area contributed by atoms with Crippen molar-refractivity contribution in [3.05, 3.63) is 64.1 Å². The monoisotopic (exact) mass is 357 g/mol. The van der Waals surface area contributed by atoms with Gasteiger partial charge in [-0.05, 0) is 52.8 Å². The van der Waals surface area contributed by atoms with Crippen LogP contribution >= 0.6 is 24.0 Å². The van der Waals surface area contributed by atoms with Crippen LogP contribution in [-0.4, -0.2) is 27.1 Å². The van der Waals surface area contributed by atoms with Gasteiger partial charge in [0.1, 0.15) is 0 Å². The number of imide groups is 1. The molecule has 24 heavy (non-hydrogen) atoms. The fourth-order valence-electron chi connectivity index (χ4n) is 2.34. The number of thiocarbonyl (C=S) groups is 1. The second kappa shape index (κ2) is 6.54. The van der Waals surface area contributed by atoms with Crippen molar-refractivity contribution in [1.82, 2.24) is 5.32 Å². The molecule has 1 aromatic carbocycles. The van der Waals surface area contributed by atoms with E-state index in [9.17, 15) is 14.4 Å². The summed E-state index contributed by atoms with van der Waals surface area (Å²) in [6.07, 6.45) is 5.92. The molecular formula is C17H11NO4S2. The molecule has 2 N–H and O–H groups in total. The largest absolute Gasteiger partial charge is 0.478 e. The van der Waals surface area contributed by atoms with Gasteiger partial charge in [-0.15, -0.1) is 0 Å². The van der Waals surface area contributed by atoms with Crippen LogP contribution < -0.4 is 5.32 Å². The highest BCUT2D eigenvalue weighted by Crippen LogP contribution is 2.29. The zero-order valence-corrected chi connectivity index (χ0v) is 13.9. The van der Waals surface area contributed by atoms with Crippen molar-refractivity contribution in [2.45, 2.75) is 6.42 Å². The molecule has 1 heterocycles. The average molecular weight is 357 g/mol. The van der Waals surface area contributed by atoms with E-state index in [1.807, 2.05) is 12.2 Å². The Morgan fingerprint density at radius 2 is 1.96 bits per heavy atom. The van der Waals surface area contributed by atoms with E-state index in [4.69, 9.17) is 17.3 Å². The van der Waals surface area contributed by atoms with E-state index in [1.54, 1.807) is 18.2 Å². The fourth-order valence-corrected chi connectivity index (χ4v) is 3.28. The van der Waals surface area contributed by atoms with Crippen LogP contribution in [0.1, 0.15) is 22.3 Å². The molecule has 2 amide bonds. The Balaban J connectivity index is 1.91. The van der Waals surface area contributed by atoms with Crippen molar-refractivity contribution in [3.63, 3.8) is 0 Å². The third kappa shape index (κ3) is 3.37. The maximum atomic E-state index is 11.6. The van der Waals surface area contributed by atoms with Crippen LogP contribution in [0, 0.1) is 0 Å². The van der Waals surface area contributed by atoms with E-state index in [0.29, 0.717) is 11.3 Å². The summed E-state index contributed by atoms with van der Waals surface area (Å²) in [4.78, 5) is 34.9. The summed E-state index contributed by atoms with van der Waals surface area (Å²) in [5, 5.41) is 10.8. The highest BCUT2D eigenvalue weighted by Gasteiger charge is 2.25. The Bertz CT molecular complexity index is 863. The standard InChI is InChI=1S/C17H11NO4S2/c19-15-14(24-17(22)18-15)8-9-1-6-13(23)12(7-9)10-2-4-11(5-3-10)16(20)21/h1-5,7-8H,6H2,(H,20,21)(H,18,19,22). The molecular weight excluding hydrogens is 346 g/mol. The van der Waals surface area contributed by atoms with E-state index >= 15 is 0 Å². The smallest absolute Gasteiger partial charge is 0.335 e. The molecule has 0 aromatic heterocycles. The molecule has 1 aromatic rings. The van der Waals surface area contributed by atoms with Gasteiger partial charge in [-0.2, -0.15) is 0 Å². The first-order valence-corrected chi connectivity index (χ1v) is 8.20. The number of hydrogen-bond donors (Lipinski definition) is 2. The number of rotatable bonds is 3. The Morgan fingerprint density at radius 1 is 1.25 bits per heavy atom. The van der Waals surface area contributed by atoms with Crippen LogP contribution in [0.15, 0.2) is 53.0 Å². The first kappa shape index (κ1) is 16.4. The zero-order chi connectivity index (χ0) is 17.3. The molecule has 3 rings (SSSR count). The minimum atomic E-state index is -0.985. The van der Waals surface area contributed by atoms with Gasteiger partial charge in [-0.1, -0.05) is 30.4 Å². The lowest BCUT2D eigenvalue weighted by molar-refractivity contribution is -0.115. The normalized spacial score (nSPS) is 19.2. The van der Waals surface area contributed by atoms with Gasteiger partial charge in [-0.3, -0.25) is 14.9 Å². The van der Waals surface area contributed by atoms with Crippen molar-refractivity contribution in [2.24, 2.45) is 0 Å². The number of hydrogen-bond acceptors (Lipinski definition) is 5. The first-order valence-electron chi connectivity index (χ1n) is 6.97. The number of aromatic carboxylic acids is 1. The molecule has 7 heteroatoms. The lowest BCUT2D eigenvalue weighted by Gasteiger charge is -2.14. The van der Waals surface area contributed by atoms with E-state index in [-0.39, 0.29) is 10.8 Å². The maximum Gasteiger partial charge on any atom is 0.335 e. The summed E-state index contributed by atoms with van der Waals surface area (Å²) in [7, 11) is 0. The minimum Gasteiger partial charge on any atom is -0.478 e. The van der Waals surface area contributed by atoms with Crippen molar-refractivity contribution >= 4 is 51.5 Å². The van der Waals surface area contributed by atoms with Gasteiger partial charge in [0.2, 0.25) is 0 Å². The van der Waals surface area contributed by atoms with Crippen LogP contribution in [0.3, 0.4) is 0 Å². The number of carboxylic acid groups (broad SMARTS) is 1. The predicted molar refractivity (Wildman–Crippen MR) is 95.9 cm³/mol. The molecule has 1 saturated heterocycles. The van der Waals surface area contributed by atoms with Gasteiger partial charge in [0.05, 0.1) is 10.5 Å². The van der Waals surface area contributed by atoms with Crippen LogP contribution in [0.4, 0.5) is 4.79 Å². The summed E-state index contributed by atoms with van der Waals surface area (Å²) >= 11 is 6.25. The molecule has 0 unspecified atom stereocenters. The van der Waals surface area contributed by atoms with E-state index < -0.39 is 11.9 Å². The van der Waals surface area contributed by atoms with Crippen LogP contribution in [0.2, 0.25) is 0 Å². The van der Waals surface area contributed by atoms with Crippen LogP contribution in [-0.2, 0) is 4.79 Å². The van der Waals surface area contributed by atoms with Crippen LogP contribution in [0.5, 0.6) is 0 Å². The number of amides is 2. The summed E-state index contributed by atoms with van der Waals surface area (Å²) in [6, 6.07) is 6.46. The molecule has 1 aliphatic heterocycles. The number of carbonyl (C=O) groups excluding carboxylic acids is 2. The molecule has 0 saturated carbocycles. The van der Waals surface area contributed by atoms with Gasteiger partial charge in [0, 0.05) is 11.3 Å². The average Bonchev–Trinajstić information content (AvgIpc) is 2.87. The molecule has 0 bridgehead atoms. The third-order valence-corrected chi connectivity index (χ3v) is 4.71. The summed E-state index contributed by atoms with van der Waals surface area (Å²) in [5.74, 6) is -1.39. The number of carbonyl (C=O) groups is 3. The van der Waals surface area contributed by atoms with Gasteiger partial charge >= 0.3 is 5.97 Å². The summed E-state index contributed by atoms with van der Waals surface area (Å²) in [6.45, 7) is 0. The lowest BCUT2D eigenvalue weighted by atomic mass is 9.92. The molecule has 0 atom stereocenters. The molecule has 0 radical (unpaired) electrons. The topological polar surface area (TPSA) is 83.5 Å². The Kier molecular flexibility index (Phi) is 4.46. The molecule has 2 aliphatic rings. The van der Waals surface area contributed by atoms with Gasteiger partial charge in [0.15, 0.2) is 0 Å². The van der Waals surface area contributed by atoms with E-state index in [1.165, 1.54) is 12.1 Å². The summed E-state index contributed by atoms with van der Waals surface area (Å²) in [5.41, 5.74) is 2.62. The lowest BCUT2D eigenvalue weighted by Crippen LogP contribution is -2.18. The Labute approximate surface area is 147 Å². The van der Waals surface area contributed by atoms with Crippen molar-refractivity contribution in [1.29, 1.82) is 0 Å². The van der Waals surface area contributed by atoms with Crippen molar-refractivity contribution < 1.29 is 19.5 Å². The number of nitrogens with one attached hydrogen (secondary N) is 1. The highest BCUT2D eigenvalue weighted by atomic mass is 32.2. The summed E-state index contributed by atoms with van der Waals surface area (Å²) < 4.78 is 0. The van der Waals surface area contributed by atoms with Crippen LogP contribution in [0.25, 0.3) is 5.57 Å². The number of allylic oxidation sites excluding steroid dienone is 5. The molecule has 5 nitrogen and oxygen atoms in total. The highest BCUT2D eigenvalue weighted by molar-refractivity contribution is 8.18. The molecule has 0 spiro atoms. The maximum absolute atomic E-state index is 11.6.